The number of nitrogens with one attached hydrogen (secondary N) is 1. The zero-order valence-corrected chi connectivity index (χ0v) is 11.1. The molecule has 0 fully saturated rings. The predicted octanol–water partition coefficient (Wildman–Crippen LogP) is 2.75. The average molecular weight is 253 g/mol. The minimum absolute atomic E-state index is 0.239. The van der Waals surface area contributed by atoms with E-state index < -0.39 is 5.97 Å². The molecule has 5 heteroatoms. The van der Waals surface area contributed by atoms with Crippen LogP contribution >= 0.6 is 11.3 Å². The number of carbonyl (C=O) groups excluding carboxylic acids is 2. The number of methoxy groups -OCH3 is 1. The van der Waals surface area contributed by atoms with Crippen molar-refractivity contribution in [3.63, 3.8) is 0 Å². The van der Waals surface area contributed by atoms with Crippen molar-refractivity contribution in [1.82, 2.24) is 0 Å². The molecule has 0 unspecified atom stereocenters. The van der Waals surface area contributed by atoms with Gasteiger partial charge in [0.1, 0.15) is 4.88 Å². The van der Waals surface area contributed by atoms with Gasteiger partial charge in [-0.05, 0) is 31.7 Å². The molecule has 1 heterocycles. The third-order valence-electron chi connectivity index (χ3n) is 2.01. The number of carbonyl (C=O) groups is 2. The fraction of sp³-hybridized carbons (Fsp3) is 0.333. The van der Waals surface area contributed by atoms with E-state index in [9.17, 15) is 9.59 Å². The molecule has 0 aliphatic rings. The van der Waals surface area contributed by atoms with Crippen LogP contribution in [-0.4, -0.2) is 19.0 Å². The first-order valence-corrected chi connectivity index (χ1v) is 5.96. The Morgan fingerprint density at radius 2 is 2.06 bits per heavy atom. The number of hydrogen-bond donors (Lipinski definition) is 1. The van der Waals surface area contributed by atoms with Gasteiger partial charge in [0.25, 0.3) is 0 Å². The van der Waals surface area contributed by atoms with E-state index in [0.29, 0.717) is 10.6 Å². The van der Waals surface area contributed by atoms with Crippen LogP contribution in [0.15, 0.2) is 17.0 Å². The van der Waals surface area contributed by atoms with E-state index in [1.807, 2.05) is 26.2 Å². The lowest BCUT2D eigenvalue weighted by atomic mass is 10.2. The molecule has 17 heavy (non-hydrogen) atoms. The molecule has 0 aromatic carbocycles. The Bertz CT molecular complexity index is 470. The van der Waals surface area contributed by atoms with Gasteiger partial charge in [0.2, 0.25) is 5.91 Å². The number of hydrogen-bond acceptors (Lipinski definition) is 4. The van der Waals surface area contributed by atoms with Crippen LogP contribution in [0, 0.1) is 6.92 Å². The maximum absolute atomic E-state index is 11.6. The first-order valence-electron chi connectivity index (χ1n) is 5.08. The highest BCUT2D eigenvalue weighted by Gasteiger charge is 2.17. The molecular weight excluding hydrogens is 238 g/mol. The number of allylic oxidation sites excluding steroid dienone is 1. The number of amides is 1. The van der Waals surface area contributed by atoms with Crippen LogP contribution in [0.5, 0.6) is 0 Å². The van der Waals surface area contributed by atoms with Gasteiger partial charge in [0, 0.05) is 6.08 Å². The second-order valence-electron chi connectivity index (χ2n) is 3.83. The zero-order chi connectivity index (χ0) is 13.0. The summed E-state index contributed by atoms with van der Waals surface area (Å²) in [7, 11) is 1.32. The molecule has 0 atom stereocenters. The highest BCUT2D eigenvalue weighted by molar-refractivity contribution is 7.12. The molecule has 1 N–H and O–H groups in total. The van der Waals surface area contributed by atoms with Crippen LogP contribution < -0.4 is 5.32 Å². The Hall–Kier alpha value is -1.62. The largest absolute Gasteiger partial charge is 0.465 e. The summed E-state index contributed by atoms with van der Waals surface area (Å²) in [5.74, 6) is -0.674. The number of rotatable bonds is 3. The monoisotopic (exact) mass is 253 g/mol. The molecule has 0 aliphatic carbocycles. The first kappa shape index (κ1) is 13.4. The fourth-order valence-electron chi connectivity index (χ4n) is 1.26. The van der Waals surface area contributed by atoms with Crippen molar-refractivity contribution in [2.24, 2.45) is 0 Å². The summed E-state index contributed by atoms with van der Waals surface area (Å²) in [5, 5.41) is 4.51. The smallest absolute Gasteiger partial charge is 0.350 e. The van der Waals surface area contributed by atoms with E-state index in [1.54, 1.807) is 0 Å². The van der Waals surface area contributed by atoms with Crippen molar-refractivity contribution < 1.29 is 14.3 Å². The minimum Gasteiger partial charge on any atom is -0.465 e. The standard InChI is InChI=1S/C12H15NO3S/c1-7(2)5-9(14)13-10-8(3)6-17-11(10)12(15)16-4/h5-6H,1-4H3,(H,13,14). The van der Waals surface area contributed by atoms with Gasteiger partial charge < -0.3 is 10.1 Å². The lowest BCUT2D eigenvalue weighted by Crippen LogP contribution is -2.12. The molecule has 0 aliphatic heterocycles. The quantitative estimate of drug-likeness (QED) is 0.665. The molecule has 0 radical (unpaired) electrons. The van der Waals surface area contributed by atoms with Crippen LogP contribution in [0.1, 0.15) is 29.1 Å². The Labute approximate surface area is 104 Å². The summed E-state index contributed by atoms with van der Waals surface area (Å²) in [6.07, 6.45) is 1.48. The van der Waals surface area contributed by atoms with Gasteiger partial charge >= 0.3 is 5.97 Å². The van der Waals surface area contributed by atoms with Crippen molar-refractivity contribution >= 4 is 28.9 Å². The summed E-state index contributed by atoms with van der Waals surface area (Å²) in [6, 6.07) is 0. The molecule has 1 aromatic heterocycles. The topological polar surface area (TPSA) is 55.4 Å². The molecule has 1 amide bonds. The molecule has 4 nitrogen and oxygen atoms in total. The normalized spacial score (nSPS) is 9.65. The maximum Gasteiger partial charge on any atom is 0.350 e. The number of thiophene rings is 1. The average Bonchev–Trinajstić information content (AvgIpc) is 2.58. The van der Waals surface area contributed by atoms with Crippen molar-refractivity contribution in [3.8, 4) is 0 Å². The lowest BCUT2D eigenvalue weighted by molar-refractivity contribution is -0.111. The molecule has 0 saturated heterocycles. The molecule has 92 valence electrons. The van der Waals surface area contributed by atoms with Crippen LogP contribution in [0.25, 0.3) is 0 Å². The van der Waals surface area contributed by atoms with Crippen molar-refractivity contribution in [2.75, 3.05) is 12.4 Å². The third kappa shape index (κ3) is 3.42. The molecule has 0 spiro atoms. The van der Waals surface area contributed by atoms with Gasteiger partial charge in [-0.3, -0.25) is 4.79 Å². The Morgan fingerprint density at radius 3 is 2.59 bits per heavy atom. The van der Waals surface area contributed by atoms with Gasteiger partial charge in [0.05, 0.1) is 12.8 Å². The predicted molar refractivity (Wildman–Crippen MR) is 68.5 cm³/mol. The Balaban J connectivity index is 2.98. The van der Waals surface area contributed by atoms with E-state index in [2.05, 4.69) is 10.1 Å². The SMILES string of the molecule is COC(=O)c1scc(C)c1NC(=O)C=C(C)C. The Morgan fingerprint density at radius 1 is 1.41 bits per heavy atom. The number of anilines is 1. The van der Waals surface area contributed by atoms with Gasteiger partial charge in [-0.1, -0.05) is 5.57 Å². The minimum atomic E-state index is -0.435. The number of esters is 1. The molecular formula is C12H15NO3S. The second-order valence-corrected chi connectivity index (χ2v) is 4.71. The lowest BCUT2D eigenvalue weighted by Gasteiger charge is -2.05. The van der Waals surface area contributed by atoms with Gasteiger partial charge in [-0.2, -0.15) is 0 Å². The number of ether oxygens (including phenoxy) is 1. The molecule has 1 rings (SSSR count). The van der Waals surface area contributed by atoms with E-state index in [-0.39, 0.29) is 5.91 Å². The summed E-state index contributed by atoms with van der Waals surface area (Å²) < 4.78 is 4.66. The highest BCUT2D eigenvalue weighted by atomic mass is 32.1. The summed E-state index contributed by atoms with van der Waals surface area (Å²) in [6.45, 7) is 5.50. The first-order chi connectivity index (χ1) is 7.95. The maximum atomic E-state index is 11.6. The third-order valence-corrected chi connectivity index (χ3v) is 3.09. The molecule has 0 bridgehead atoms. The number of aryl methyl sites for hydroxylation is 1. The van der Waals surface area contributed by atoms with Crippen molar-refractivity contribution in [2.45, 2.75) is 20.8 Å². The van der Waals surface area contributed by atoms with Crippen LogP contribution in [-0.2, 0) is 9.53 Å². The van der Waals surface area contributed by atoms with Gasteiger partial charge in [-0.15, -0.1) is 11.3 Å². The van der Waals surface area contributed by atoms with E-state index in [1.165, 1.54) is 24.5 Å². The van der Waals surface area contributed by atoms with Crippen LogP contribution in [0.4, 0.5) is 5.69 Å². The van der Waals surface area contributed by atoms with Gasteiger partial charge in [0.15, 0.2) is 0 Å². The highest BCUT2D eigenvalue weighted by Crippen LogP contribution is 2.28. The summed E-state index contributed by atoms with van der Waals surface area (Å²) in [4.78, 5) is 23.5. The van der Waals surface area contributed by atoms with Crippen molar-refractivity contribution in [1.29, 1.82) is 0 Å². The van der Waals surface area contributed by atoms with Gasteiger partial charge in [-0.25, -0.2) is 4.79 Å². The zero-order valence-electron chi connectivity index (χ0n) is 10.3. The second kappa shape index (κ2) is 5.63. The van der Waals surface area contributed by atoms with E-state index in [4.69, 9.17) is 0 Å². The van der Waals surface area contributed by atoms with E-state index in [0.717, 1.165) is 11.1 Å². The molecule has 1 aromatic rings. The van der Waals surface area contributed by atoms with Crippen LogP contribution in [0.3, 0.4) is 0 Å². The fourth-order valence-corrected chi connectivity index (χ4v) is 2.19. The summed E-state index contributed by atoms with van der Waals surface area (Å²) in [5.41, 5.74) is 2.28. The van der Waals surface area contributed by atoms with E-state index >= 15 is 0 Å². The molecule has 0 saturated carbocycles. The summed E-state index contributed by atoms with van der Waals surface area (Å²) >= 11 is 1.26. The van der Waals surface area contributed by atoms with Crippen molar-refractivity contribution in [3.05, 3.63) is 27.5 Å². The Kier molecular flexibility index (Phi) is 4.45. The van der Waals surface area contributed by atoms with Crippen LogP contribution in [0.2, 0.25) is 0 Å².